The first kappa shape index (κ1) is 13.7. The minimum Gasteiger partial charge on any atom is -0.331 e. The van der Waals surface area contributed by atoms with Gasteiger partial charge in [-0.2, -0.15) is 0 Å². The number of hydrogen-bond acceptors (Lipinski definition) is 3. The van der Waals surface area contributed by atoms with E-state index < -0.39 is 0 Å². The molecule has 1 aromatic carbocycles. The van der Waals surface area contributed by atoms with Gasteiger partial charge in [0.2, 0.25) is 0 Å². The largest absolute Gasteiger partial charge is 0.331 e. The maximum atomic E-state index is 13.0. The standard InChI is InChI=1S/C18H16N4O/c23-18(15-7-4-8-19-11-15)22-13-17-20-9-10-21(17)12-16(22)14-5-2-1-3-6-14/h1-11,16H,12-13H2/t16-/m0/s1. The Morgan fingerprint density at radius 1 is 1.09 bits per heavy atom. The molecule has 0 radical (unpaired) electrons. The van der Waals surface area contributed by atoms with Gasteiger partial charge < -0.3 is 9.47 Å². The minimum atomic E-state index is -0.0128. The molecule has 114 valence electrons. The van der Waals surface area contributed by atoms with Gasteiger partial charge in [-0.1, -0.05) is 30.3 Å². The summed E-state index contributed by atoms with van der Waals surface area (Å²) < 4.78 is 2.12. The Kier molecular flexibility index (Phi) is 3.38. The zero-order chi connectivity index (χ0) is 15.6. The molecule has 1 aliphatic rings. The maximum Gasteiger partial charge on any atom is 0.256 e. The first-order valence-corrected chi connectivity index (χ1v) is 7.59. The van der Waals surface area contributed by atoms with Gasteiger partial charge in [0.25, 0.3) is 5.91 Å². The van der Waals surface area contributed by atoms with Crippen LogP contribution in [0.2, 0.25) is 0 Å². The van der Waals surface area contributed by atoms with Gasteiger partial charge in [-0.15, -0.1) is 0 Å². The fraction of sp³-hybridized carbons (Fsp3) is 0.167. The highest BCUT2D eigenvalue weighted by Crippen LogP contribution is 2.30. The Hall–Kier alpha value is -2.95. The molecule has 3 heterocycles. The molecule has 0 saturated heterocycles. The average molecular weight is 304 g/mol. The van der Waals surface area contributed by atoms with Crippen LogP contribution in [0.4, 0.5) is 0 Å². The van der Waals surface area contributed by atoms with E-state index in [2.05, 4.69) is 26.7 Å². The molecule has 0 N–H and O–H groups in total. The third-order valence-electron chi connectivity index (χ3n) is 4.21. The number of benzene rings is 1. The quantitative estimate of drug-likeness (QED) is 0.731. The van der Waals surface area contributed by atoms with Crippen LogP contribution in [0.1, 0.15) is 27.8 Å². The lowest BCUT2D eigenvalue weighted by molar-refractivity contribution is 0.0584. The van der Waals surface area contributed by atoms with Gasteiger partial charge in [0.15, 0.2) is 0 Å². The molecule has 0 fully saturated rings. The van der Waals surface area contributed by atoms with Crippen LogP contribution in [0.3, 0.4) is 0 Å². The molecular formula is C18H16N4O. The van der Waals surface area contributed by atoms with E-state index >= 15 is 0 Å². The summed E-state index contributed by atoms with van der Waals surface area (Å²) in [5, 5.41) is 0. The van der Waals surface area contributed by atoms with E-state index in [-0.39, 0.29) is 11.9 Å². The number of rotatable bonds is 2. The summed E-state index contributed by atoms with van der Waals surface area (Å²) in [6.07, 6.45) is 7.05. The molecule has 0 unspecified atom stereocenters. The van der Waals surface area contributed by atoms with Crippen LogP contribution in [-0.2, 0) is 13.1 Å². The molecule has 0 bridgehead atoms. The van der Waals surface area contributed by atoms with Crippen molar-refractivity contribution in [3.63, 3.8) is 0 Å². The van der Waals surface area contributed by atoms with Crippen molar-refractivity contribution in [2.45, 2.75) is 19.1 Å². The zero-order valence-corrected chi connectivity index (χ0v) is 12.5. The third kappa shape index (κ3) is 2.50. The Balaban J connectivity index is 1.74. The second-order valence-corrected chi connectivity index (χ2v) is 5.60. The van der Waals surface area contributed by atoms with Crippen molar-refractivity contribution in [3.05, 3.63) is 84.2 Å². The number of amides is 1. The highest BCUT2D eigenvalue weighted by Gasteiger charge is 2.31. The van der Waals surface area contributed by atoms with E-state index in [0.29, 0.717) is 18.7 Å². The molecule has 0 aliphatic carbocycles. The lowest BCUT2D eigenvalue weighted by Gasteiger charge is -2.36. The fourth-order valence-corrected chi connectivity index (χ4v) is 3.03. The van der Waals surface area contributed by atoms with E-state index in [1.54, 1.807) is 30.7 Å². The van der Waals surface area contributed by atoms with Gasteiger partial charge in [0, 0.05) is 31.3 Å². The van der Waals surface area contributed by atoms with E-state index in [4.69, 9.17) is 0 Å². The number of pyridine rings is 1. The summed E-state index contributed by atoms with van der Waals surface area (Å²) in [4.78, 5) is 23.3. The Morgan fingerprint density at radius 2 is 1.96 bits per heavy atom. The monoisotopic (exact) mass is 304 g/mol. The summed E-state index contributed by atoms with van der Waals surface area (Å²) >= 11 is 0. The Morgan fingerprint density at radius 3 is 2.74 bits per heavy atom. The second-order valence-electron chi connectivity index (χ2n) is 5.60. The molecule has 0 spiro atoms. The van der Waals surface area contributed by atoms with Crippen molar-refractivity contribution in [3.8, 4) is 0 Å². The first-order chi connectivity index (χ1) is 11.3. The zero-order valence-electron chi connectivity index (χ0n) is 12.5. The summed E-state index contributed by atoms with van der Waals surface area (Å²) in [6.45, 7) is 1.21. The molecule has 5 heteroatoms. The number of hydrogen-bond donors (Lipinski definition) is 0. The topological polar surface area (TPSA) is 51.0 Å². The number of fused-ring (bicyclic) bond motifs is 1. The lowest BCUT2D eigenvalue weighted by Crippen LogP contribution is -2.41. The number of carbonyl (C=O) groups excluding carboxylic acids is 1. The Bertz CT molecular complexity index is 813. The van der Waals surface area contributed by atoms with Crippen LogP contribution in [0.5, 0.6) is 0 Å². The van der Waals surface area contributed by atoms with Crippen molar-refractivity contribution >= 4 is 5.91 Å². The van der Waals surface area contributed by atoms with E-state index in [0.717, 1.165) is 11.4 Å². The fourth-order valence-electron chi connectivity index (χ4n) is 3.03. The van der Waals surface area contributed by atoms with Gasteiger partial charge in [-0.05, 0) is 17.7 Å². The predicted molar refractivity (Wildman–Crippen MR) is 85.5 cm³/mol. The molecule has 2 aromatic heterocycles. The van der Waals surface area contributed by atoms with Crippen molar-refractivity contribution in [2.75, 3.05) is 0 Å². The molecular weight excluding hydrogens is 288 g/mol. The van der Waals surface area contributed by atoms with E-state index in [1.165, 1.54) is 0 Å². The highest BCUT2D eigenvalue weighted by atomic mass is 16.2. The molecule has 0 saturated carbocycles. The number of nitrogens with zero attached hydrogens (tertiary/aromatic N) is 4. The van der Waals surface area contributed by atoms with Crippen LogP contribution in [0, 0.1) is 0 Å². The van der Waals surface area contributed by atoms with E-state index in [1.807, 2.05) is 29.3 Å². The van der Waals surface area contributed by atoms with Crippen molar-refractivity contribution in [2.24, 2.45) is 0 Å². The second kappa shape index (κ2) is 5.68. The SMILES string of the molecule is O=C(c1cccnc1)N1Cc2nccn2C[C@H]1c1ccccc1. The smallest absolute Gasteiger partial charge is 0.256 e. The highest BCUT2D eigenvalue weighted by molar-refractivity contribution is 5.94. The van der Waals surface area contributed by atoms with Crippen LogP contribution in [0.25, 0.3) is 0 Å². The maximum absolute atomic E-state index is 13.0. The van der Waals surface area contributed by atoms with Crippen molar-refractivity contribution in [1.29, 1.82) is 0 Å². The van der Waals surface area contributed by atoms with Gasteiger partial charge in [-0.3, -0.25) is 9.78 Å². The van der Waals surface area contributed by atoms with Gasteiger partial charge >= 0.3 is 0 Å². The molecule has 4 rings (SSSR count). The van der Waals surface area contributed by atoms with Crippen LogP contribution in [-0.4, -0.2) is 25.3 Å². The predicted octanol–water partition coefficient (Wildman–Crippen LogP) is 2.68. The third-order valence-corrected chi connectivity index (χ3v) is 4.21. The van der Waals surface area contributed by atoms with Gasteiger partial charge in [-0.25, -0.2) is 4.98 Å². The molecule has 5 nitrogen and oxygen atoms in total. The molecule has 1 aliphatic heterocycles. The summed E-state index contributed by atoms with van der Waals surface area (Å²) in [7, 11) is 0. The van der Waals surface area contributed by atoms with Gasteiger partial charge in [0.05, 0.1) is 18.2 Å². The lowest BCUT2D eigenvalue weighted by atomic mass is 10.0. The summed E-state index contributed by atoms with van der Waals surface area (Å²) in [5.74, 6) is 0.899. The normalized spacial score (nSPS) is 16.9. The number of imidazole rings is 1. The molecule has 23 heavy (non-hydrogen) atoms. The van der Waals surface area contributed by atoms with Crippen LogP contribution >= 0.6 is 0 Å². The Labute approximate surface area is 134 Å². The van der Waals surface area contributed by atoms with Crippen LogP contribution < -0.4 is 0 Å². The molecule has 1 atom stereocenters. The molecule has 3 aromatic rings. The van der Waals surface area contributed by atoms with Crippen molar-refractivity contribution < 1.29 is 4.79 Å². The number of carbonyl (C=O) groups is 1. The van der Waals surface area contributed by atoms with E-state index in [9.17, 15) is 4.79 Å². The minimum absolute atomic E-state index is 0.00870. The van der Waals surface area contributed by atoms with Gasteiger partial charge in [0.1, 0.15) is 5.82 Å². The summed E-state index contributed by atoms with van der Waals surface area (Å²) in [5.41, 5.74) is 1.73. The van der Waals surface area contributed by atoms with Crippen molar-refractivity contribution in [1.82, 2.24) is 19.4 Å². The molecule has 1 amide bonds. The van der Waals surface area contributed by atoms with Crippen LogP contribution in [0.15, 0.2) is 67.3 Å². The first-order valence-electron chi connectivity index (χ1n) is 7.59. The average Bonchev–Trinajstić information content (AvgIpc) is 3.09. The summed E-state index contributed by atoms with van der Waals surface area (Å²) in [6, 6.07) is 13.7. The number of aromatic nitrogens is 3.